The Kier molecular flexibility index (Phi) is 6.04. The molecule has 3 aliphatic rings. The monoisotopic (exact) mass is 564 g/mol. The molecule has 1 aliphatic carbocycles. The number of hydrogen-bond donors (Lipinski definition) is 0. The van der Waals surface area contributed by atoms with Crippen LogP contribution in [0.4, 0.5) is 17.2 Å². The van der Waals surface area contributed by atoms with E-state index in [1.54, 1.807) is 30.4 Å². The molecule has 1 amide bonds. The number of likely N-dealkylation sites (N-methyl/N-ethyl adjacent to an activating group) is 2. The first-order valence-corrected chi connectivity index (χ1v) is 15.1. The maximum absolute atomic E-state index is 13.4. The topological polar surface area (TPSA) is 116 Å². The number of sulfonamides is 1. The first kappa shape index (κ1) is 26.5. The van der Waals surface area contributed by atoms with E-state index in [9.17, 15) is 18.0 Å². The number of amides is 1. The Bertz CT molecular complexity index is 1650. The second-order valence-corrected chi connectivity index (χ2v) is 13.1. The number of nitrogens with zero attached hydrogens (tertiary/aromatic N) is 6. The van der Waals surface area contributed by atoms with Gasteiger partial charge in [0.1, 0.15) is 5.69 Å². The SMILES string of the molecule is CC1CCC12C(=O)N(C)c1cnc3ccc(-c4cnc(N5CC(N(C)C)C5)c(N(OC=O)S(C)(=O)=O)c4)cc3c12. The van der Waals surface area contributed by atoms with Crippen LogP contribution in [-0.4, -0.2) is 82.2 Å². The van der Waals surface area contributed by atoms with Crippen LogP contribution in [0, 0.1) is 5.92 Å². The summed E-state index contributed by atoms with van der Waals surface area (Å²) >= 11 is 0. The van der Waals surface area contributed by atoms with E-state index in [1.165, 1.54) is 0 Å². The number of aromatic nitrogens is 2. The predicted molar refractivity (Wildman–Crippen MR) is 153 cm³/mol. The van der Waals surface area contributed by atoms with E-state index in [0.29, 0.717) is 35.0 Å². The van der Waals surface area contributed by atoms with Gasteiger partial charge in [0.25, 0.3) is 10.0 Å². The van der Waals surface area contributed by atoms with Gasteiger partial charge in [0.05, 0.1) is 29.1 Å². The molecule has 40 heavy (non-hydrogen) atoms. The number of anilines is 3. The third kappa shape index (κ3) is 3.76. The van der Waals surface area contributed by atoms with Gasteiger partial charge in [0.15, 0.2) is 5.82 Å². The molecule has 1 spiro atoms. The van der Waals surface area contributed by atoms with Crippen LogP contribution in [0.15, 0.2) is 36.7 Å². The highest BCUT2D eigenvalue weighted by Crippen LogP contribution is 2.58. The Labute approximate surface area is 233 Å². The maximum atomic E-state index is 13.4. The summed E-state index contributed by atoms with van der Waals surface area (Å²) in [5, 5.41) is 0.894. The van der Waals surface area contributed by atoms with Gasteiger partial charge in [0, 0.05) is 48.9 Å². The van der Waals surface area contributed by atoms with Crippen molar-refractivity contribution in [3.8, 4) is 11.1 Å². The van der Waals surface area contributed by atoms with Crippen molar-refractivity contribution in [3.05, 3.63) is 42.2 Å². The summed E-state index contributed by atoms with van der Waals surface area (Å²) in [5.74, 6) is 0.735. The van der Waals surface area contributed by atoms with Crippen LogP contribution < -0.4 is 14.3 Å². The Hall–Kier alpha value is -3.77. The molecule has 2 aromatic heterocycles. The van der Waals surface area contributed by atoms with Crippen LogP contribution in [0.2, 0.25) is 0 Å². The molecule has 1 saturated heterocycles. The second-order valence-electron chi connectivity index (χ2n) is 11.3. The number of carbonyl (C=O) groups excluding carboxylic acids is 2. The van der Waals surface area contributed by atoms with Crippen molar-refractivity contribution >= 4 is 50.5 Å². The number of benzene rings is 1. The molecule has 0 bridgehead atoms. The third-order valence-electron chi connectivity index (χ3n) is 8.86. The molecule has 1 saturated carbocycles. The molecule has 0 N–H and O–H groups in total. The van der Waals surface area contributed by atoms with Gasteiger partial charge < -0.3 is 19.5 Å². The van der Waals surface area contributed by atoms with Gasteiger partial charge in [-0.3, -0.25) is 14.6 Å². The van der Waals surface area contributed by atoms with E-state index in [0.717, 1.165) is 46.8 Å². The van der Waals surface area contributed by atoms with Crippen molar-refractivity contribution in [3.63, 3.8) is 0 Å². The van der Waals surface area contributed by atoms with Crippen molar-refractivity contribution in [2.24, 2.45) is 5.92 Å². The quantitative estimate of drug-likeness (QED) is 0.315. The average Bonchev–Trinajstić information content (AvgIpc) is 3.13. The molecule has 3 aromatic rings. The van der Waals surface area contributed by atoms with Crippen molar-refractivity contribution in [1.82, 2.24) is 14.9 Å². The molecule has 1 aromatic carbocycles. The standard InChI is InChI=1S/C28H32N6O5S/c1-17-8-9-28(17)25-21-10-18(6-7-22(21)29-13-24(25)32(4)27(28)36)19-11-23(34(39-16-35)40(5,37)38)26(30-12-19)33-14-20(15-33)31(2)3/h6-7,10-13,16-17,20H,8-9,14-15H2,1-5H3. The zero-order valence-electron chi connectivity index (χ0n) is 23.2. The van der Waals surface area contributed by atoms with Gasteiger partial charge in [-0.25, -0.2) is 13.4 Å². The van der Waals surface area contributed by atoms with Gasteiger partial charge >= 0.3 is 6.47 Å². The highest BCUT2D eigenvalue weighted by molar-refractivity contribution is 7.91. The van der Waals surface area contributed by atoms with Gasteiger partial charge in [-0.1, -0.05) is 17.5 Å². The number of carbonyl (C=O) groups is 2. The van der Waals surface area contributed by atoms with E-state index in [2.05, 4.69) is 21.8 Å². The lowest BCUT2D eigenvalue weighted by Gasteiger charge is -2.44. The van der Waals surface area contributed by atoms with Gasteiger partial charge in [-0.15, -0.1) is 0 Å². The first-order valence-electron chi connectivity index (χ1n) is 13.2. The van der Waals surface area contributed by atoms with Crippen LogP contribution in [0.1, 0.15) is 25.3 Å². The van der Waals surface area contributed by atoms with E-state index in [-0.39, 0.29) is 24.0 Å². The van der Waals surface area contributed by atoms with Gasteiger partial charge in [-0.2, -0.15) is 0 Å². The zero-order valence-corrected chi connectivity index (χ0v) is 24.0. The first-order chi connectivity index (χ1) is 19.0. The smallest absolute Gasteiger partial charge is 0.322 e. The molecule has 4 heterocycles. The molecule has 12 heteroatoms. The summed E-state index contributed by atoms with van der Waals surface area (Å²) in [7, 11) is 1.81. The molecule has 2 aliphatic heterocycles. The predicted octanol–water partition coefficient (Wildman–Crippen LogP) is 2.55. The summed E-state index contributed by atoms with van der Waals surface area (Å²) in [6.45, 7) is 3.52. The fourth-order valence-electron chi connectivity index (χ4n) is 6.30. The van der Waals surface area contributed by atoms with Crippen LogP contribution in [0.3, 0.4) is 0 Å². The van der Waals surface area contributed by atoms with Crippen LogP contribution >= 0.6 is 0 Å². The van der Waals surface area contributed by atoms with E-state index >= 15 is 0 Å². The van der Waals surface area contributed by atoms with Gasteiger partial charge in [-0.05, 0) is 56.6 Å². The Balaban J connectivity index is 1.50. The zero-order chi connectivity index (χ0) is 28.6. The summed E-state index contributed by atoms with van der Waals surface area (Å²) in [6, 6.07) is 7.78. The largest absolute Gasteiger partial charge is 0.351 e. The van der Waals surface area contributed by atoms with Crippen molar-refractivity contribution in [2.45, 2.75) is 31.2 Å². The van der Waals surface area contributed by atoms with Crippen LogP contribution in [0.25, 0.3) is 22.0 Å². The minimum atomic E-state index is -3.97. The van der Waals surface area contributed by atoms with E-state index in [4.69, 9.17) is 4.84 Å². The number of hydrogen-bond acceptors (Lipinski definition) is 9. The Morgan fingerprint density at radius 3 is 2.48 bits per heavy atom. The molecule has 11 nitrogen and oxygen atoms in total. The Morgan fingerprint density at radius 2 is 1.88 bits per heavy atom. The molecular formula is C28H32N6O5S. The molecule has 210 valence electrons. The summed E-state index contributed by atoms with van der Waals surface area (Å²) in [6.07, 6.45) is 6.23. The second kappa shape index (κ2) is 9.13. The maximum Gasteiger partial charge on any atom is 0.322 e. The van der Waals surface area contributed by atoms with Gasteiger partial charge in [0.2, 0.25) is 5.91 Å². The summed E-state index contributed by atoms with van der Waals surface area (Å²) < 4.78 is 26.0. The fourth-order valence-corrected chi connectivity index (χ4v) is 6.98. The number of rotatable bonds is 7. The van der Waals surface area contributed by atoms with Crippen molar-refractivity contribution in [1.29, 1.82) is 0 Å². The van der Waals surface area contributed by atoms with Crippen LogP contribution in [-0.2, 0) is 29.9 Å². The third-order valence-corrected chi connectivity index (χ3v) is 9.75. The molecule has 2 atom stereocenters. The number of pyridine rings is 2. The molecule has 6 rings (SSSR count). The minimum absolute atomic E-state index is 0.0912. The molecule has 0 radical (unpaired) electrons. The van der Waals surface area contributed by atoms with Crippen LogP contribution in [0.5, 0.6) is 0 Å². The molecule has 2 fully saturated rings. The summed E-state index contributed by atoms with van der Waals surface area (Å²) in [4.78, 5) is 44.8. The van der Waals surface area contributed by atoms with E-state index in [1.807, 2.05) is 37.2 Å². The lowest BCUT2D eigenvalue weighted by atomic mass is 9.57. The fraction of sp³-hybridized carbons (Fsp3) is 0.429. The molecular weight excluding hydrogens is 532 g/mol. The van der Waals surface area contributed by atoms with Crippen molar-refractivity contribution < 1.29 is 22.8 Å². The minimum Gasteiger partial charge on any atom is -0.351 e. The van der Waals surface area contributed by atoms with E-state index < -0.39 is 15.4 Å². The average molecular weight is 565 g/mol. The highest BCUT2D eigenvalue weighted by Gasteiger charge is 2.58. The Morgan fingerprint density at radius 1 is 1.12 bits per heavy atom. The lowest BCUT2D eigenvalue weighted by Crippen LogP contribution is -2.58. The molecule has 2 unspecified atom stereocenters. The van der Waals surface area contributed by atoms with Crippen molar-refractivity contribution in [2.75, 3.05) is 54.8 Å². The highest BCUT2D eigenvalue weighted by atomic mass is 32.2. The normalized spacial score (nSPS) is 22.4. The lowest BCUT2D eigenvalue weighted by molar-refractivity contribution is -0.129. The summed E-state index contributed by atoms with van der Waals surface area (Å²) in [5.41, 5.74) is 3.63. The number of fused-ring (bicyclic) bond motifs is 4.